The summed E-state index contributed by atoms with van der Waals surface area (Å²) in [5, 5.41) is 2.83. The van der Waals surface area contributed by atoms with Crippen LogP contribution < -0.4 is 5.32 Å². The second-order valence-electron chi connectivity index (χ2n) is 6.51. The number of carbonyl (C=O) groups excluding carboxylic acids is 1. The highest BCUT2D eigenvalue weighted by molar-refractivity contribution is 8.13. The van der Waals surface area contributed by atoms with Crippen LogP contribution in [0.5, 0.6) is 0 Å². The molecule has 0 aromatic rings. The van der Waals surface area contributed by atoms with Crippen LogP contribution in [0.1, 0.15) is 34.1 Å². The summed E-state index contributed by atoms with van der Waals surface area (Å²) >= 11 is 1.32. The number of ether oxygens (including phenoxy) is 4. The number of amides is 1. The summed E-state index contributed by atoms with van der Waals surface area (Å²) in [6.45, 7) is 13.6. The highest BCUT2D eigenvalue weighted by Gasteiger charge is 2.12. The fraction of sp³-hybridized carbons (Fsp3) is 0.941. The van der Waals surface area contributed by atoms with E-state index < -0.39 is 0 Å². The topological polar surface area (TPSA) is 66.0 Å². The number of carbonyl (C=O) groups is 1. The van der Waals surface area contributed by atoms with E-state index in [1.807, 2.05) is 0 Å². The molecule has 0 aromatic carbocycles. The first-order chi connectivity index (χ1) is 11.5. The number of rotatable bonds is 15. The zero-order valence-electron chi connectivity index (χ0n) is 15.7. The van der Waals surface area contributed by atoms with Gasteiger partial charge in [-0.05, 0) is 11.8 Å². The average Bonchev–Trinajstić information content (AvgIpc) is 2.52. The van der Waals surface area contributed by atoms with Crippen LogP contribution in [0.3, 0.4) is 0 Å². The summed E-state index contributed by atoms with van der Waals surface area (Å²) < 4.78 is 21.4. The van der Waals surface area contributed by atoms with Crippen LogP contribution in [-0.2, 0) is 18.9 Å². The smallest absolute Gasteiger partial charge is 0.279 e. The van der Waals surface area contributed by atoms with Crippen molar-refractivity contribution in [3.8, 4) is 0 Å². The van der Waals surface area contributed by atoms with Crippen molar-refractivity contribution in [2.45, 2.75) is 34.1 Å². The van der Waals surface area contributed by atoms with Crippen LogP contribution >= 0.6 is 11.8 Å². The summed E-state index contributed by atoms with van der Waals surface area (Å²) in [6, 6.07) is 0. The minimum absolute atomic E-state index is 0.00448. The van der Waals surface area contributed by atoms with Crippen LogP contribution in [0, 0.1) is 5.41 Å². The Bertz CT molecular complexity index is 297. The summed E-state index contributed by atoms with van der Waals surface area (Å²) in [6.07, 6.45) is 1.03. The Kier molecular flexibility index (Phi) is 15.9. The fourth-order valence-electron chi connectivity index (χ4n) is 1.46. The van der Waals surface area contributed by atoms with E-state index in [0.29, 0.717) is 52.8 Å². The zero-order chi connectivity index (χ0) is 18.1. The lowest BCUT2D eigenvalue weighted by Crippen LogP contribution is -2.25. The molecule has 0 radical (unpaired) electrons. The predicted molar refractivity (Wildman–Crippen MR) is 98.9 cm³/mol. The van der Waals surface area contributed by atoms with Gasteiger partial charge in [-0.25, -0.2) is 0 Å². The third-order valence-corrected chi connectivity index (χ3v) is 4.03. The van der Waals surface area contributed by atoms with E-state index in [9.17, 15) is 4.79 Å². The normalized spacial score (nSPS) is 11.7. The van der Waals surface area contributed by atoms with Crippen molar-refractivity contribution >= 4 is 17.0 Å². The number of nitrogens with one attached hydrogen (secondary N) is 1. The molecule has 0 rings (SSSR count). The molecule has 144 valence electrons. The quantitative estimate of drug-likeness (QED) is 0.450. The average molecular weight is 366 g/mol. The molecule has 1 N–H and O–H groups in total. The van der Waals surface area contributed by atoms with E-state index in [2.05, 4.69) is 33.0 Å². The van der Waals surface area contributed by atoms with Gasteiger partial charge in [0.2, 0.25) is 0 Å². The molecule has 0 aromatic heterocycles. The van der Waals surface area contributed by atoms with E-state index in [1.54, 1.807) is 0 Å². The molecule has 0 saturated heterocycles. The summed E-state index contributed by atoms with van der Waals surface area (Å²) in [5.41, 5.74) is 0.155. The molecule has 0 aliphatic rings. The fourth-order valence-corrected chi connectivity index (χ4v) is 2.23. The largest absolute Gasteiger partial charge is 0.379 e. The van der Waals surface area contributed by atoms with E-state index in [1.165, 1.54) is 11.8 Å². The summed E-state index contributed by atoms with van der Waals surface area (Å²) in [7, 11) is 0. The molecule has 0 spiro atoms. The molecule has 0 bridgehead atoms. The maximum Gasteiger partial charge on any atom is 0.279 e. The zero-order valence-corrected chi connectivity index (χ0v) is 16.5. The van der Waals surface area contributed by atoms with Crippen molar-refractivity contribution in [3.63, 3.8) is 0 Å². The Morgan fingerprint density at radius 2 is 1.29 bits per heavy atom. The predicted octanol–water partition coefficient (Wildman–Crippen LogP) is 2.95. The SMILES string of the molecule is CCCOCCOCCOCCOCCNC(=O)SCC(C)(C)C. The van der Waals surface area contributed by atoms with Crippen molar-refractivity contribution in [2.24, 2.45) is 5.41 Å². The molecular weight excluding hydrogens is 330 g/mol. The molecule has 1 amide bonds. The van der Waals surface area contributed by atoms with Gasteiger partial charge in [-0.1, -0.05) is 39.5 Å². The monoisotopic (exact) mass is 365 g/mol. The Balaban J connectivity index is 3.16. The van der Waals surface area contributed by atoms with E-state index in [-0.39, 0.29) is 10.7 Å². The molecular formula is C17H35NO5S. The molecule has 0 unspecified atom stereocenters. The van der Waals surface area contributed by atoms with Gasteiger partial charge < -0.3 is 24.3 Å². The second-order valence-corrected chi connectivity index (χ2v) is 7.46. The number of thioether (sulfide) groups is 1. The minimum Gasteiger partial charge on any atom is -0.379 e. The molecule has 6 nitrogen and oxygen atoms in total. The molecule has 0 aliphatic carbocycles. The maximum atomic E-state index is 11.6. The number of hydrogen-bond acceptors (Lipinski definition) is 6. The van der Waals surface area contributed by atoms with Crippen LogP contribution in [0.4, 0.5) is 4.79 Å². The van der Waals surface area contributed by atoms with E-state index in [0.717, 1.165) is 18.8 Å². The van der Waals surface area contributed by atoms with E-state index >= 15 is 0 Å². The molecule has 0 saturated carbocycles. The van der Waals surface area contributed by atoms with Gasteiger partial charge in [-0.15, -0.1) is 0 Å². The third-order valence-electron chi connectivity index (χ3n) is 2.62. The summed E-state index contributed by atoms with van der Waals surface area (Å²) in [5.74, 6) is 0.806. The Morgan fingerprint density at radius 1 is 0.833 bits per heavy atom. The van der Waals surface area contributed by atoms with Crippen molar-refractivity contribution in [1.82, 2.24) is 5.32 Å². The minimum atomic E-state index is 0.00448. The van der Waals surface area contributed by atoms with Gasteiger partial charge in [0, 0.05) is 18.9 Å². The van der Waals surface area contributed by atoms with Crippen molar-refractivity contribution in [3.05, 3.63) is 0 Å². The third kappa shape index (κ3) is 19.7. The van der Waals surface area contributed by atoms with Crippen LogP contribution in [0.25, 0.3) is 0 Å². The van der Waals surface area contributed by atoms with Crippen LogP contribution in [-0.4, -0.2) is 70.4 Å². The molecule has 0 atom stereocenters. The number of hydrogen-bond donors (Lipinski definition) is 1. The summed E-state index contributed by atoms with van der Waals surface area (Å²) in [4.78, 5) is 11.6. The Morgan fingerprint density at radius 3 is 1.75 bits per heavy atom. The highest BCUT2D eigenvalue weighted by Crippen LogP contribution is 2.20. The first-order valence-electron chi connectivity index (χ1n) is 8.67. The van der Waals surface area contributed by atoms with Crippen LogP contribution in [0.15, 0.2) is 0 Å². The first kappa shape index (κ1) is 23.7. The van der Waals surface area contributed by atoms with Gasteiger partial charge in [-0.2, -0.15) is 0 Å². The lowest BCUT2D eigenvalue weighted by Gasteiger charge is -2.16. The maximum absolute atomic E-state index is 11.6. The van der Waals surface area contributed by atoms with Gasteiger partial charge in [0.1, 0.15) is 0 Å². The second kappa shape index (κ2) is 16.1. The Labute approximate surface area is 151 Å². The van der Waals surface area contributed by atoms with Crippen molar-refractivity contribution in [1.29, 1.82) is 0 Å². The van der Waals surface area contributed by atoms with Crippen LogP contribution in [0.2, 0.25) is 0 Å². The van der Waals surface area contributed by atoms with Gasteiger partial charge >= 0.3 is 0 Å². The van der Waals surface area contributed by atoms with Crippen molar-refractivity contribution in [2.75, 3.05) is 65.2 Å². The Hall–Kier alpha value is -0.340. The van der Waals surface area contributed by atoms with E-state index in [4.69, 9.17) is 18.9 Å². The first-order valence-corrected chi connectivity index (χ1v) is 9.66. The lowest BCUT2D eigenvalue weighted by atomic mass is 10.0. The van der Waals surface area contributed by atoms with Gasteiger partial charge in [-0.3, -0.25) is 4.79 Å². The highest BCUT2D eigenvalue weighted by atomic mass is 32.2. The van der Waals surface area contributed by atoms with Gasteiger partial charge in [0.05, 0.1) is 46.2 Å². The van der Waals surface area contributed by atoms with Crippen molar-refractivity contribution < 1.29 is 23.7 Å². The van der Waals surface area contributed by atoms with Gasteiger partial charge in [0.25, 0.3) is 5.24 Å². The molecule has 0 heterocycles. The molecule has 24 heavy (non-hydrogen) atoms. The van der Waals surface area contributed by atoms with Gasteiger partial charge in [0.15, 0.2) is 0 Å². The molecule has 7 heteroatoms. The molecule has 0 aliphatic heterocycles. The lowest BCUT2D eigenvalue weighted by molar-refractivity contribution is -0.00118. The molecule has 0 fully saturated rings. The standard InChI is InChI=1S/C17H35NO5S/c1-5-7-20-9-11-22-13-14-23-12-10-21-8-6-18-16(19)24-15-17(2,3)4/h5-15H2,1-4H3,(H,18,19).